The summed E-state index contributed by atoms with van der Waals surface area (Å²) in [7, 11) is 1.58. The van der Waals surface area contributed by atoms with E-state index in [1.165, 1.54) is 11.8 Å². The number of aromatic amines is 1. The number of H-pyrrole nitrogens is 1. The zero-order chi connectivity index (χ0) is 33.3. The molecule has 8 nitrogen and oxygen atoms in total. The fraction of sp³-hybridized carbons (Fsp3) is 0.0513. The minimum absolute atomic E-state index is 0.0883. The van der Waals surface area contributed by atoms with E-state index in [1.807, 2.05) is 91.0 Å². The molecular weight excluding hydrogens is 621 g/mol. The number of aromatic nitrogens is 1. The van der Waals surface area contributed by atoms with Crippen LogP contribution in [0.5, 0.6) is 5.75 Å². The van der Waals surface area contributed by atoms with Crippen LogP contribution in [0, 0.1) is 0 Å². The zero-order valence-electron chi connectivity index (χ0n) is 26.0. The van der Waals surface area contributed by atoms with Gasteiger partial charge in [0.2, 0.25) is 5.91 Å². The number of anilines is 2. The first kappa shape index (κ1) is 31.9. The Morgan fingerprint density at radius 3 is 2.21 bits per heavy atom. The van der Waals surface area contributed by atoms with Gasteiger partial charge in [-0.25, -0.2) is 0 Å². The van der Waals surface area contributed by atoms with Crippen LogP contribution in [-0.4, -0.2) is 29.8 Å². The summed E-state index contributed by atoms with van der Waals surface area (Å²) in [5.74, 6) is -0.418. The number of thioether (sulfide) groups is 1. The van der Waals surface area contributed by atoms with E-state index in [4.69, 9.17) is 4.74 Å². The van der Waals surface area contributed by atoms with Gasteiger partial charge in [0.25, 0.3) is 11.8 Å². The lowest BCUT2D eigenvalue weighted by Gasteiger charge is -2.18. The van der Waals surface area contributed by atoms with Gasteiger partial charge in [-0.05, 0) is 66.2 Å². The van der Waals surface area contributed by atoms with Gasteiger partial charge in [-0.2, -0.15) is 0 Å². The lowest BCUT2D eigenvalue weighted by Crippen LogP contribution is -2.30. The average Bonchev–Trinajstić information content (AvgIpc) is 3.54. The molecular formula is C39H32N4O4S. The highest BCUT2D eigenvalue weighted by molar-refractivity contribution is 8.00. The highest BCUT2D eigenvalue weighted by Crippen LogP contribution is 2.37. The molecule has 0 aliphatic rings. The van der Waals surface area contributed by atoms with E-state index in [-0.39, 0.29) is 11.6 Å². The molecule has 5 aromatic carbocycles. The maximum Gasteiger partial charge on any atom is 0.272 e. The second-order valence-corrected chi connectivity index (χ2v) is 12.0. The minimum atomic E-state index is -0.545. The summed E-state index contributed by atoms with van der Waals surface area (Å²) in [5.41, 5.74) is 4.20. The van der Waals surface area contributed by atoms with E-state index >= 15 is 0 Å². The molecule has 0 fully saturated rings. The van der Waals surface area contributed by atoms with Crippen LogP contribution in [0.25, 0.3) is 17.0 Å². The molecule has 0 radical (unpaired) electrons. The summed E-state index contributed by atoms with van der Waals surface area (Å²) in [5, 5.41) is 9.07. The van der Waals surface area contributed by atoms with Crippen molar-refractivity contribution in [3.63, 3.8) is 0 Å². The molecule has 0 saturated carbocycles. The first-order valence-electron chi connectivity index (χ1n) is 15.2. The summed E-state index contributed by atoms with van der Waals surface area (Å²) in [6.45, 7) is 0. The first-order chi connectivity index (χ1) is 23.5. The molecule has 0 spiro atoms. The summed E-state index contributed by atoms with van der Waals surface area (Å²) >= 11 is 1.40. The Balaban J connectivity index is 1.20. The first-order valence-corrected chi connectivity index (χ1v) is 16.1. The molecule has 6 aromatic rings. The number of para-hydroxylation sites is 1. The summed E-state index contributed by atoms with van der Waals surface area (Å²) in [6, 6.07) is 40.5. The Bertz CT molecular complexity index is 2080. The number of methoxy groups -OCH3 is 1. The predicted octanol–water partition coefficient (Wildman–Crippen LogP) is 8.06. The number of hydrogen-bond acceptors (Lipinski definition) is 5. The van der Waals surface area contributed by atoms with Crippen LogP contribution in [0.4, 0.5) is 11.4 Å². The molecule has 0 saturated heterocycles. The molecule has 48 heavy (non-hydrogen) atoms. The van der Waals surface area contributed by atoms with Crippen molar-refractivity contribution in [3.8, 4) is 5.75 Å². The van der Waals surface area contributed by atoms with Crippen LogP contribution in [0.2, 0.25) is 0 Å². The van der Waals surface area contributed by atoms with Crippen LogP contribution in [0.15, 0.2) is 150 Å². The SMILES string of the molecule is COc1cccc(NC(=O)C(Sc2ccc(NC(=O)/C(=C/c3c[nH]c4ccccc34)NC(=O)c3ccccc3)cc2)c2ccccc2)c1. The van der Waals surface area contributed by atoms with E-state index in [9.17, 15) is 14.4 Å². The Kier molecular flexibility index (Phi) is 9.98. The van der Waals surface area contributed by atoms with Crippen molar-refractivity contribution in [2.24, 2.45) is 0 Å². The van der Waals surface area contributed by atoms with Gasteiger partial charge >= 0.3 is 0 Å². The van der Waals surface area contributed by atoms with Crippen LogP contribution >= 0.6 is 11.8 Å². The number of amides is 3. The number of benzene rings is 5. The lowest BCUT2D eigenvalue weighted by atomic mass is 10.1. The summed E-state index contributed by atoms with van der Waals surface area (Å²) in [4.78, 5) is 44.3. The molecule has 1 atom stereocenters. The molecule has 3 amide bonds. The van der Waals surface area contributed by atoms with Crippen molar-refractivity contribution in [1.82, 2.24) is 10.3 Å². The number of carbonyl (C=O) groups is 3. The van der Waals surface area contributed by atoms with Gasteiger partial charge < -0.3 is 25.7 Å². The highest BCUT2D eigenvalue weighted by Gasteiger charge is 2.23. The maximum atomic E-state index is 13.6. The number of carbonyl (C=O) groups excluding carboxylic acids is 3. The quantitative estimate of drug-likeness (QED) is 0.0836. The van der Waals surface area contributed by atoms with Gasteiger partial charge in [0.05, 0.1) is 7.11 Å². The fourth-order valence-corrected chi connectivity index (χ4v) is 6.10. The molecule has 1 aromatic heterocycles. The Morgan fingerprint density at radius 1 is 0.750 bits per heavy atom. The van der Waals surface area contributed by atoms with Crippen LogP contribution in [0.1, 0.15) is 26.7 Å². The fourth-order valence-electron chi connectivity index (χ4n) is 5.07. The van der Waals surface area contributed by atoms with Crippen LogP contribution in [-0.2, 0) is 9.59 Å². The summed E-state index contributed by atoms with van der Waals surface area (Å²) < 4.78 is 5.30. The van der Waals surface area contributed by atoms with Crippen molar-refractivity contribution in [3.05, 3.63) is 162 Å². The third kappa shape index (κ3) is 7.83. The van der Waals surface area contributed by atoms with Gasteiger partial charge in [0.1, 0.15) is 16.7 Å². The van der Waals surface area contributed by atoms with Crippen molar-refractivity contribution < 1.29 is 19.1 Å². The average molecular weight is 653 g/mol. The van der Waals surface area contributed by atoms with Crippen molar-refractivity contribution in [2.45, 2.75) is 10.1 Å². The smallest absolute Gasteiger partial charge is 0.272 e. The standard InChI is InChI=1S/C39H32N4O4S/c1-47-31-16-10-15-30(24-31)42-39(46)36(26-11-4-2-5-12-26)48-32-21-19-29(20-22-32)41-38(45)35(43-37(44)27-13-6-3-7-14-27)23-28-25-40-34-18-9-8-17-33(28)34/h2-25,36,40H,1H3,(H,41,45)(H,42,46)(H,43,44)/b35-23-. The van der Waals surface area contributed by atoms with E-state index in [0.29, 0.717) is 22.7 Å². The molecule has 0 bridgehead atoms. The molecule has 1 heterocycles. The van der Waals surface area contributed by atoms with Gasteiger partial charge in [0, 0.05) is 50.6 Å². The molecule has 238 valence electrons. The third-order valence-electron chi connectivity index (χ3n) is 7.49. The monoisotopic (exact) mass is 652 g/mol. The van der Waals surface area contributed by atoms with E-state index in [0.717, 1.165) is 26.9 Å². The second kappa shape index (κ2) is 15.0. The van der Waals surface area contributed by atoms with Gasteiger partial charge in [0.15, 0.2) is 0 Å². The molecule has 1 unspecified atom stereocenters. The van der Waals surface area contributed by atoms with Crippen LogP contribution < -0.4 is 20.7 Å². The molecule has 0 aliphatic carbocycles. The number of fused-ring (bicyclic) bond motifs is 1. The van der Waals surface area contributed by atoms with Gasteiger partial charge in [-0.15, -0.1) is 11.8 Å². The van der Waals surface area contributed by atoms with E-state index < -0.39 is 17.1 Å². The lowest BCUT2D eigenvalue weighted by molar-refractivity contribution is -0.116. The minimum Gasteiger partial charge on any atom is -0.497 e. The Labute approximate surface area is 282 Å². The zero-order valence-corrected chi connectivity index (χ0v) is 26.8. The van der Waals surface area contributed by atoms with Crippen molar-refractivity contribution >= 4 is 57.8 Å². The highest BCUT2D eigenvalue weighted by atomic mass is 32.2. The van der Waals surface area contributed by atoms with E-state index in [2.05, 4.69) is 20.9 Å². The maximum absolute atomic E-state index is 13.6. The summed E-state index contributed by atoms with van der Waals surface area (Å²) in [6.07, 6.45) is 3.46. The van der Waals surface area contributed by atoms with Gasteiger partial charge in [-0.1, -0.05) is 72.8 Å². The number of hydrogen-bond donors (Lipinski definition) is 4. The molecule has 6 rings (SSSR count). The number of ether oxygens (including phenoxy) is 1. The largest absolute Gasteiger partial charge is 0.497 e. The van der Waals surface area contributed by atoms with Gasteiger partial charge in [-0.3, -0.25) is 14.4 Å². The normalized spacial score (nSPS) is 11.8. The third-order valence-corrected chi connectivity index (χ3v) is 8.76. The number of nitrogens with one attached hydrogen (secondary N) is 4. The van der Waals surface area contributed by atoms with Crippen LogP contribution in [0.3, 0.4) is 0 Å². The number of rotatable bonds is 11. The topological polar surface area (TPSA) is 112 Å². The van der Waals surface area contributed by atoms with Crippen molar-refractivity contribution in [1.29, 1.82) is 0 Å². The Hall–Kier alpha value is -6.06. The second-order valence-electron chi connectivity index (χ2n) is 10.8. The Morgan fingerprint density at radius 2 is 1.46 bits per heavy atom. The molecule has 0 aliphatic heterocycles. The van der Waals surface area contributed by atoms with Crippen molar-refractivity contribution in [2.75, 3.05) is 17.7 Å². The van der Waals surface area contributed by atoms with E-state index in [1.54, 1.807) is 61.8 Å². The molecule has 9 heteroatoms. The predicted molar refractivity (Wildman–Crippen MR) is 192 cm³/mol. The molecule has 4 N–H and O–H groups in total.